The first-order chi connectivity index (χ1) is 9.60. The van der Waals surface area contributed by atoms with Crippen LogP contribution in [0.5, 0.6) is 11.5 Å². The van der Waals surface area contributed by atoms with Gasteiger partial charge >= 0.3 is 0 Å². The van der Waals surface area contributed by atoms with E-state index in [1.807, 2.05) is 13.0 Å². The summed E-state index contributed by atoms with van der Waals surface area (Å²) in [6.45, 7) is 2.33. The number of benzene rings is 2. The Morgan fingerprint density at radius 2 is 1.90 bits per heavy atom. The van der Waals surface area contributed by atoms with Crippen molar-refractivity contribution in [1.29, 1.82) is 0 Å². The Balaban J connectivity index is 2.08. The maximum absolute atomic E-state index is 12.2. The summed E-state index contributed by atoms with van der Waals surface area (Å²) in [5.74, 6) is 0.581. The van der Waals surface area contributed by atoms with Crippen LogP contribution in [0.15, 0.2) is 42.5 Å². The minimum atomic E-state index is -0.182. The van der Waals surface area contributed by atoms with E-state index < -0.39 is 0 Å². The Hall–Kier alpha value is -2.49. The average molecular weight is 271 g/mol. The highest BCUT2D eigenvalue weighted by Gasteiger charge is 2.11. The number of nitrogens with one attached hydrogen (secondary N) is 1. The third-order valence-corrected chi connectivity index (χ3v) is 2.99. The zero-order valence-corrected chi connectivity index (χ0v) is 11.5. The Morgan fingerprint density at radius 1 is 1.20 bits per heavy atom. The van der Waals surface area contributed by atoms with Crippen LogP contribution < -0.4 is 10.1 Å². The smallest absolute Gasteiger partial charge is 0.255 e. The Bertz CT molecular complexity index is 606. The molecule has 0 bridgehead atoms. The number of aryl methyl sites for hydroxylation is 1. The van der Waals surface area contributed by atoms with E-state index in [4.69, 9.17) is 4.74 Å². The largest absolute Gasteiger partial charge is 0.508 e. The van der Waals surface area contributed by atoms with Crippen LogP contribution in [0.1, 0.15) is 21.5 Å². The number of hydrogen-bond acceptors (Lipinski definition) is 3. The Kier molecular flexibility index (Phi) is 4.25. The van der Waals surface area contributed by atoms with Crippen molar-refractivity contribution in [2.75, 3.05) is 7.11 Å². The van der Waals surface area contributed by atoms with Crippen molar-refractivity contribution >= 4 is 5.91 Å². The van der Waals surface area contributed by atoms with Gasteiger partial charge in [0, 0.05) is 6.54 Å². The number of rotatable bonds is 4. The second-order valence-electron chi connectivity index (χ2n) is 4.55. The van der Waals surface area contributed by atoms with E-state index in [1.165, 1.54) is 0 Å². The van der Waals surface area contributed by atoms with Gasteiger partial charge in [-0.1, -0.05) is 23.8 Å². The van der Waals surface area contributed by atoms with Gasteiger partial charge in [-0.2, -0.15) is 0 Å². The number of carbonyl (C=O) groups is 1. The third kappa shape index (κ3) is 3.29. The highest BCUT2D eigenvalue weighted by molar-refractivity contribution is 5.97. The summed E-state index contributed by atoms with van der Waals surface area (Å²) in [6, 6.07) is 12.2. The van der Waals surface area contributed by atoms with Crippen LogP contribution >= 0.6 is 0 Å². The average Bonchev–Trinajstić information content (AvgIpc) is 2.46. The van der Waals surface area contributed by atoms with Gasteiger partial charge in [-0.3, -0.25) is 4.79 Å². The summed E-state index contributed by atoms with van der Waals surface area (Å²) in [5, 5.41) is 12.0. The Labute approximate surface area is 118 Å². The molecule has 0 unspecified atom stereocenters. The Morgan fingerprint density at radius 3 is 2.55 bits per heavy atom. The lowest BCUT2D eigenvalue weighted by molar-refractivity contribution is 0.0948. The fraction of sp³-hybridized carbons (Fsp3) is 0.188. The van der Waals surface area contributed by atoms with Gasteiger partial charge in [0.05, 0.1) is 12.7 Å². The molecule has 104 valence electrons. The highest BCUT2D eigenvalue weighted by atomic mass is 16.5. The van der Waals surface area contributed by atoms with Crippen molar-refractivity contribution < 1.29 is 14.6 Å². The van der Waals surface area contributed by atoms with Crippen molar-refractivity contribution in [3.63, 3.8) is 0 Å². The van der Waals surface area contributed by atoms with Crippen molar-refractivity contribution in [2.45, 2.75) is 13.5 Å². The van der Waals surface area contributed by atoms with Gasteiger partial charge in [0.25, 0.3) is 5.91 Å². The first-order valence-corrected chi connectivity index (χ1v) is 6.31. The number of carbonyl (C=O) groups excluding carboxylic acids is 1. The van der Waals surface area contributed by atoms with Gasteiger partial charge in [0.15, 0.2) is 0 Å². The van der Waals surface area contributed by atoms with Crippen molar-refractivity contribution in [3.05, 3.63) is 59.2 Å². The van der Waals surface area contributed by atoms with Gasteiger partial charge in [-0.05, 0) is 36.8 Å². The van der Waals surface area contributed by atoms with Crippen molar-refractivity contribution in [3.8, 4) is 11.5 Å². The van der Waals surface area contributed by atoms with E-state index >= 15 is 0 Å². The molecule has 0 heterocycles. The van der Waals surface area contributed by atoms with E-state index in [1.54, 1.807) is 43.5 Å². The first-order valence-electron chi connectivity index (χ1n) is 6.31. The van der Waals surface area contributed by atoms with Crippen molar-refractivity contribution in [1.82, 2.24) is 5.32 Å². The molecular weight excluding hydrogens is 254 g/mol. The SMILES string of the molecule is COc1ccc(C)cc1C(=O)NCc1ccc(O)cc1. The van der Waals surface area contributed by atoms with Gasteiger partial charge in [0.1, 0.15) is 11.5 Å². The normalized spacial score (nSPS) is 10.1. The number of ether oxygens (including phenoxy) is 1. The first kappa shape index (κ1) is 13.9. The molecule has 4 heteroatoms. The lowest BCUT2D eigenvalue weighted by atomic mass is 10.1. The molecule has 0 fully saturated rings. The predicted molar refractivity (Wildman–Crippen MR) is 77.0 cm³/mol. The summed E-state index contributed by atoms with van der Waals surface area (Å²) in [5.41, 5.74) is 2.44. The molecule has 0 saturated heterocycles. The quantitative estimate of drug-likeness (QED) is 0.898. The van der Waals surface area contributed by atoms with E-state index in [0.29, 0.717) is 17.9 Å². The zero-order valence-electron chi connectivity index (χ0n) is 11.5. The standard InChI is InChI=1S/C16H17NO3/c1-11-3-8-15(20-2)14(9-11)16(19)17-10-12-4-6-13(18)7-5-12/h3-9,18H,10H2,1-2H3,(H,17,19). The number of aromatic hydroxyl groups is 1. The molecule has 0 radical (unpaired) electrons. The third-order valence-electron chi connectivity index (χ3n) is 2.99. The fourth-order valence-electron chi connectivity index (χ4n) is 1.89. The molecular formula is C16H17NO3. The van der Waals surface area contributed by atoms with Gasteiger partial charge in [0.2, 0.25) is 0 Å². The van der Waals surface area contributed by atoms with Crippen LogP contribution in [0.3, 0.4) is 0 Å². The monoisotopic (exact) mass is 271 g/mol. The number of methoxy groups -OCH3 is 1. The molecule has 0 saturated carbocycles. The molecule has 1 amide bonds. The topological polar surface area (TPSA) is 58.6 Å². The maximum Gasteiger partial charge on any atom is 0.255 e. The van der Waals surface area contributed by atoms with Crippen LogP contribution in [-0.4, -0.2) is 18.1 Å². The van der Waals surface area contributed by atoms with Gasteiger partial charge < -0.3 is 15.2 Å². The van der Waals surface area contributed by atoms with Crippen LogP contribution in [0, 0.1) is 6.92 Å². The van der Waals surface area contributed by atoms with Gasteiger partial charge in [-0.15, -0.1) is 0 Å². The zero-order chi connectivity index (χ0) is 14.5. The van der Waals surface area contributed by atoms with Crippen LogP contribution in [-0.2, 0) is 6.54 Å². The van der Waals surface area contributed by atoms with E-state index in [-0.39, 0.29) is 11.7 Å². The van der Waals surface area contributed by atoms with E-state index in [0.717, 1.165) is 11.1 Å². The minimum Gasteiger partial charge on any atom is -0.508 e. The second kappa shape index (κ2) is 6.10. The molecule has 0 aromatic heterocycles. The molecule has 4 nitrogen and oxygen atoms in total. The van der Waals surface area contributed by atoms with Crippen LogP contribution in [0.25, 0.3) is 0 Å². The fourth-order valence-corrected chi connectivity index (χ4v) is 1.89. The molecule has 0 spiro atoms. The molecule has 2 N–H and O–H groups in total. The summed E-state index contributed by atoms with van der Waals surface area (Å²) >= 11 is 0. The number of hydrogen-bond donors (Lipinski definition) is 2. The molecule has 0 aliphatic carbocycles. The molecule has 0 aliphatic rings. The lowest BCUT2D eigenvalue weighted by Gasteiger charge is -2.10. The molecule has 2 aromatic rings. The maximum atomic E-state index is 12.2. The summed E-state index contributed by atoms with van der Waals surface area (Å²) in [7, 11) is 1.54. The molecule has 2 rings (SSSR count). The number of amides is 1. The number of phenols is 1. The minimum absolute atomic E-state index is 0.182. The summed E-state index contributed by atoms with van der Waals surface area (Å²) in [4.78, 5) is 12.2. The lowest BCUT2D eigenvalue weighted by Crippen LogP contribution is -2.23. The summed E-state index contributed by atoms with van der Waals surface area (Å²) < 4.78 is 5.20. The van der Waals surface area contributed by atoms with E-state index in [9.17, 15) is 9.90 Å². The second-order valence-corrected chi connectivity index (χ2v) is 4.55. The number of phenolic OH excluding ortho intramolecular Hbond substituents is 1. The highest BCUT2D eigenvalue weighted by Crippen LogP contribution is 2.19. The van der Waals surface area contributed by atoms with E-state index in [2.05, 4.69) is 5.32 Å². The molecule has 0 aliphatic heterocycles. The molecule has 0 atom stereocenters. The molecule has 2 aromatic carbocycles. The van der Waals surface area contributed by atoms with Crippen LogP contribution in [0.4, 0.5) is 0 Å². The molecule has 20 heavy (non-hydrogen) atoms. The predicted octanol–water partition coefficient (Wildman–Crippen LogP) is 2.64. The van der Waals surface area contributed by atoms with Gasteiger partial charge in [-0.25, -0.2) is 0 Å². The van der Waals surface area contributed by atoms with Crippen molar-refractivity contribution in [2.24, 2.45) is 0 Å². The summed E-state index contributed by atoms with van der Waals surface area (Å²) in [6.07, 6.45) is 0. The van der Waals surface area contributed by atoms with Crippen LogP contribution in [0.2, 0.25) is 0 Å².